The third-order valence-electron chi connectivity index (χ3n) is 4.39. The monoisotopic (exact) mass is 380 g/mol. The van der Waals surface area contributed by atoms with Crippen LogP contribution in [0, 0.1) is 5.82 Å². The van der Waals surface area contributed by atoms with Gasteiger partial charge >= 0.3 is 5.97 Å². The number of amides is 1. The summed E-state index contributed by atoms with van der Waals surface area (Å²) < 4.78 is 18.6. The molecule has 26 heavy (non-hydrogen) atoms. The number of anilines is 1. The Morgan fingerprint density at radius 2 is 1.92 bits per heavy atom. The molecule has 8 heteroatoms. The highest BCUT2D eigenvalue weighted by molar-refractivity contribution is 6.33. The molecule has 0 saturated carbocycles. The zero-order valence-electron chi connectivity index (χ0n) is 14.2. The molecule has 0 aliphatic carbocycles. The lowest BCUT2D eigenvalue weighted by atomic mass is 10.2. The molecule has 1 aliphatic heterocycles. The first kappa shape index (κ1) is 18.3. The van der Waals surface area contributed by atoms with E-state index in [1.807, 2.05) is 4.90 Å². The van der Waals surface area contributed by atoms with Crippen LogP contribution >= 0.6 is 11.6 Å². The van der Waals surface area contributed by atoms with Crippen LogP contribution in [0.5, 0.6) is 0 Å². The van der Waals surface area contributed by atoms with Crippen LogP contribution in [0.25, 0.3) is 0 Å². The summed E-state index contributed by atoms with van der Waals surface area (Å²) in [5, 5.41) is 9.51. The molecular weight excluding hydrogens is 363 g/mol. The minimum absolute atomic E-state index is 0.0209. The van der Waals surface area contributed by atoms with E-state index in [1.165, 1.54) is 18.2 Å². The molecule has 2 aromatic rings. The van der Waals surface area contributed by atoms with Gasteiger partial charge in [-0.05, 0) is 18.2 Å². The van der Waals surface area contributed by atoms with Crippen LogP contribution in [0.4, 0.5) is 10.1 Å². The van der Waals surface area contributed by atoms with Crippen molar-refractivity contribution < 1.29 is 23.5 Å². The van der Waals surface area contributed by atoms with Crippen molar-refractivity contribution in [1.29, 1.82) is 0 Å². The summed E-state index contributed by atoms with van der Waals surface area (Å²) in [5.41, 5.74) is 0.743. The first-order valence-electron chi connectivity index (χ1n) is 8.26. The van der Waals surface area contributed by atoms with Crippen LogP contribution in [-0.2, 0) is 6.42 Å². The Labute approximate surface area is 154 Å². The fourth-order valence-corrected chi connectivity index (χ4v) is 3.31. The number of carboxylic acid groups (broad SMARTS) is 1. The number of carbonyl (C=O) groups excluding carboxylic acids is 1. The molecular formula is C18H18ClFN2O4. The number of aryl methyl sites for hydroxylation is 1. The molecule has 0 bridgehead atoms. The van der Waals surface area contributed by atoms with E-state index in [2.05, 4.69) is 0 Å². The maximum Gasteiger partial charge on any atom is 0.339 e. The van der Waals surface area contributed by atoms with Crippen molar-refractivity contribution in [2.24, 2.45) is 0 Å². The average Bonchev–Trinajstić information content (AvgIpc) is 3.06. The Bertz CT molecular complexity index is 844. The lowest BCUT2D eigenvalue weighted by Crippen LogP contribution is -2.48. The van der Waals surface area contributed by atoms with Gasteiger partial charge in [-0.15, -0.1) is 0 Å². The number of carboxylic acids is 1. The highest BCUT2D eigenvalue weighted by Crippen LogP contribution is 2.28. The zero-order chi connectivity index (χ0) is 18.8. The molecule has 1 N–H and O–H groups in total. The van der Waals surface area contributed by atoms with Gasteiger partial charge in [0.15, 0.2) is 5.76 Å². The van der Waals surface area contributed by atoms with Crippen LogP contribution in [-0.4, -0.2) is 48.1 Å². The van der Waals surface area contributed by atoms with E-state index in [9.17, 15) is 19.1 Å². The topological polar surface area (TPSA) is 74.0 Å². The maximum absolute atomic E-state index is 13.2. The van der Waals surface area contributed by atoms with Gasteiger partial charge in [-0.1, -0.05) is 18.5 Å². The molecule has 1 aromatic carbocycles. The van der Waals surface area contributed by atoms with Crippen molar-refractivity contribution in [2.75, 3.05) is 31.1 Å². The number of rotatable bonds is 4. The predicted octanol–water partition coefficient (Wildman–Crippen LogP) is 3.30. The number of halogens is 2. The minimum atomic E-state index is -1.11. The first-order valence-corrected chi connectivity index (χ1v) is 8.63. The second-order valence-electron chi connectivity index (χ2n) is 5.98. The van der Waals surface area contributed by atoms with Gasteiger partial charge in [0.25, 0.3) is 5.91 Å². The lowest BCUT2D eigenvalue weighted by molar-refractivity contribution is 0.0690. The van der Waals surface area contributed by atoms with Crippen LogP contribution in [0.15, 0.2) is 28.7 Å². The number of piperazine rings is 1. The fraction of sp³-hybridized carbons (Fsp3) is 0.333. The maximum atomic E-state index is 13.2. The Hall–Kier alpha value is -2.54. The van der Waals surface area contributed by atoms with Crippen LogP contribution in [0.1, 0.15) is 33.6 Å². The Morgan fingerprint density at radius 3 is 2.46 bits per heavy atom. The molecule has 1 aliphatic rings. The highest BCUT2D eigenvalue weighted by atomic mass is 35.5. The molecule has 0 unspecified atom stereocenters. The first-order chi connectivity index (χ1) is 12.4. The van der Waals surface area contributed by atoms with Gasteiger partial charge in [0.05, 0.1) is 10.7 Å². The standard InChI is InChI=1S/C18H18ClFN2O4/c1-2-15-12(18(24)25)10-16(26-15)17(23)22-7-5-21(6-8-22)14-4-3-11(20)9-13(14)19/h3-4,9-10H,2,5-8H2,1H3,(H,24,25). The van der Waals surface area contributed by atoms with E-state index in [0.717, 1.165) is 5.69 Å². The number of hydrogen-bond acceptors (Lipinski definition) is 4. The van der Waals surface area contributed by atoms with Crippen molar-refractivity contribution in [2.45, 2.75) is 13.3 Å². The van der Waals surface area contributed by atoms with Gasteiger partial charge in [-0.3, -0.25) is 4.79 Å². The molecule has 138 valence electrons. The largest absolute Gasteiger partial charge is 0.478 e. The third kappa shape index (κ3) is 3.53. The van der Waals surface area contributed by atoms with Crippen LogP contribution in [0.2, 0.25) is 5.02 Å². The van der Waals surface area contributed by atoms with Crippen molar-refractivity contribution in [1.82, 2.24) is 4.90 Å². The number of aromatic carboxylic acids is 1. The normalized spacial score (nSPS) is 14.6. The lowest BCUT2D eigenvalue weighted by Gasteiger charge is -2.36. The number of benzene rings is 1. The van der Waals surface area contributed by atoms with E-state index in [4.69, 9.17) is 16.0 Å². The Morgan fingerprint density at radius 1 is 1.23 bits per heavy atom. The van der Waals surface area contributed by atoms with Gasteiger partial charge in [-0.2, -0.15) is 0 Å². The third-order valence-corrected chi connectivity index (χ3v) is 4.69. The predicted molar refractivity (Wildman–Crippen MR) is 94.6 cm³/mol. The van der Waals surface area contributed by atoms with E-state index < -0.39 is 11.8 Å². The average molecular weight is 381 g/mol. The van der Waals surface area contributed by atoms with Crippen LogP contribution in [0.3, 0.4) is 0 Å². The molecule has 1 aromatic heterocycles. The second-order valence-corrected chi connectivity index (χ2v) is 6.39. The number of carbonyl (C=O) groups is 2. The van der Waals surface area contributed by atoms with Gasteiger partial charge < -0.3 is 19.3 Å². The molecule has 1 saturated heterocycles. The van der Waals surface area contributed by atoms with E-state index in [0.29, 0.717) is 37.6 Å². The van der Waals surface area contributed by atoms with Gasteiger partial charge in [-0.25, -0.2) is 9.18 Å². The number of nitrogens with zero attached hydrogens (tertiary/aromatic N) is 2. The minimum Gasteiger partial charge on any atom is -0.478 e. The summed E-state index contributed by atoms with van der Waals surface area (Å²) in [4.78, 5) is 27.4. The van der Waals surface area contributed by atoms with Crippen LogP contribution < -0.4 is 4.90 Å². The molecule has 3 rings (SSSR count). The molecule has 0 radical (unpaired) electrons. The van der Waals surface area contributed by atoms with E-state index in [-0.39, 0.29) is 23.0 Å². The Kier molecular flexibility index (Phi) is 5.18. The van der Waals surface area contributed by atoms with Gasteiger partial charge in [0.2, 0.25) is 0 Å². The Balaban J connectivity index is 1.70. The smallest absolute Gasteiger partial charge is 0.339 e. The summed E-state index contributed by atoms with van der Waals surface area (Å²) in [6.45, 7) is 3.69. The quantitative estimate of drug-likeness (QED) is 0.881. The molecule has 0 spiro atoms. The SMILES string of the molecule is CCc1oc(C(=O)N2CCN(c3ccc(F)cc3Cl)CC2)cc1C(=O)O. The summed E-state index contributed by atoms with van der Waals surface area (Å²) in [6.07, 6.45) is 0.395. The summed E-state index contributed by atoms with van der Waals surface area (Å²) >= 11 is 6.09. The molecule has 1 fully saturated rings. The van der Waals surface area contributed by atoms with Crippen molar-refractivity contribution in [3.63, 3.8) is 0 Å². The van der Waals surface area contributed by atoms with Crippen molar-refractivity contribution in [3.05, 3.63) is 52.2 Å². The van der Waals surface area contributed by atoms with E-state index >= 15 is 0 Å². The highest BCUT2D eigenvalue weighted by Gasteiger charge is 2.27. The molecule has 1 amide bonds. The molecule has 2 heterocycles. The number of hydrogen-bond donors (Lipinski definition) is 1. The van der Waals surface area contributed by atoms with Gasteiger partial charge in [0, 0.05) is 38.7 Å². The fourth-order valence-electron chi connectivity index (χ4n) is 3.02. The second kappa shape index (κ2) is 7.37. The molecule has 6 nitrogen and oxygen atoms in total. The summed E-state index contributed by atoms with van der Waals surface area (Å²) in [7, 11) is 0. The summed E-state index contributed by atoms with van der Waals surface area (Å²) in [5.74, 6) is -1.52. The zero-order valence-corrected chi connectivity index (χ0v) is 14.9. The summed E-state index contributed by atoms with van der Waals surface area (Å²) in [6, 6.07) is 5.51. The number of furan rings is 1. The van der Waals surface area contributed by atoms with E-state index in [1.54, 1.807) is 17.9 Å². The van der Waals surface area contributed by atoms with Crippen molar-refractivity contribution >= 4 is 29.2 Å². The van der Waals surface area contributed by atoms with Gasteiger partial charge in [0.1, 0.15) is 17.1 Å². The molecule has 0 atom stereocenters. The van der Waals surface area contributed by atoms with Crippen molar-refractivity contribution in [3.8, 4) is 0 Å².